The molecule has 1 fully saturated rings. The van der Waals surface area contributed by atoms with E-state index < -0.39 is 40.6 Å². The topological polar surface area (TPSA) is 86.9 Å². The molecule has 0 spiro atoms. The molecule has 39 heavy (non-hydrogen) atoms. The van der Waals surface area contributed by atoms with Crippen molar-refractivity contribution in [2.45, 2.75) is 38.6 Å². The highest BCUT2D eigenvalue weighted by Crippen LogP contribution is 2.27. The standard InChI is InChI=1S/C28H23F5N4O2/c1-13-4-2-3-5-17(13)37-27(38)15-8-11-18-19(12-15)36-26(35-18)14-6-9-16(10-7-14)34-28(39)20-21(29)23(31)25(33)24(32)22(20)30/h6-13,17H,2-5H2,1H3,(H,34,39)(H,35,36)(H,37,38). The van der Waals surface area contributed by atoms with Crippen molar-refractivity contribution in [3.63, 3.8) is 0 Å². The molecule has 3 aromatic carbocycles. The van der Waals surface area contributed by atoms with Crippen LogP contribution >= 0.6 is 0 Å². The minimum Gasteiger partial charge on any atom is -0.349 e. The third kappa shape index (κ3) is 5.08. The fraction of sp³-hybridized carbons (Fsp3) is 0.250. The molecule has 1 saturated carbocycles. The summed E-state index contributed by atoms with van der Waals surface area (Å²) in [7, 11) is 0. The first kappa shape index (κ1) is 26.3. The Hall–Kier alpha value is -4.28. The van der Waals surface area contributed by atoms with E-state index >= 15 is 0 Å². The molecule has 11 heteroatoms. The number of halogens is 5. The summed E-state index contributed by atoms with van der Waals surface area (Å²) in [4.78, 5) is 32.7. The summed E-state index contributed by atoms with van der Waals surface area (Å²) in [6.45, 7) is 2.14. The Morgan fingerprint density at radius 2 is 1.49 bits per heavy atom. The van der Waals surface area contributed by atoms with Crippen LogP contribution in [0.4, 0.5) is 27.6 Å². The van der Waals surface area contributed by atoms with Crippen LogP contribution in [-0.2, 0) is 0 Å². The van der Waals surface area contributed by atoms with Gasteiger partial charge in [0.15, 0.2) is 23.3 Å². The van der Waals surface area contributed by atoms with Crippen molar-refractivity contribution in [1.82, 2.24) is 15.3 Å². The molecule has 6 nitrogen and oxygen atoms in total. The van der Waals surface area contributed by atoms with Gasteiger partial charge in [-0.05, 0) is 61.2 Å². The lowest BCUT2D eigenvalue weighted by atomic mass is 9.86. The summed E-state index contributed by atoms with van der Waals surface area (Å²) < 4.78 is 68.0. The Bertz CT molecular complexity index is 1560. The molecule has 202 valence electrons. The summed E-state index contributed by atoms with van der Waals surface area (Å²) in [6.07, 6.45) is 4.32. The number of carbonyl (C=O) groups is 2. The zero-order valence-electron chi connectivity index (χ0n) is 20.7. The maximum absolute atomic E-state index is 13.9. The van der Waals surface area contributed by atoms with Crippen LogP contribution in [0, 0.1) is 35.0 Å². The van der Waals surface area contributed by atoms with Crippen LogP contribution in [-0.4, -0.2) is 27.8 Å². The second kappa shape index (κ2) is 10.5. The first-order valence-electron chi connectivity index (χ1n) is 12.4. The van der Waals surface area contributed by atoms with Gasteiger partial charge in [0.1, 0.15) is 11.4 Å². The number of hydrogen-bond acceptors (Lipinski definition) is 3. The van der Waals surface area contributed by atoms with E-state index in [0.717, 1.165) is 19.3 Å². The summed E-state index contributed by atoms with van der Waals surface area (Å²) in [5.74, 6) is -12.0. The Balaban J connectivity index is 1.32. The van der Waals surface area contributed by atoms with Crippen molar-refractivity contribution in [1.29, 1.82) is 0 Å². The van der Waals surface area contributed by atoms with E-state index in [0.29, 0.717) is 33.9 Å². The van der Waals surface area contributed by atoms with Crippen molar-refractivity contribution in [3.8, 4) is 11.4 Å². The number of fused-ring (bicyclic) bond motifs is 1. The minimum atomic E-state index is -2.34. The zero-order valence-corrected chi connectivity index (χ0v) is 20.7. The maximum Gasteiger partial charge on any atom is 0.261 e. The number of aromatic amines is 1. The van der Waals surface area contributed by atoms with Gasteiger partial charge in [0.2, 0.25) is 5.82 Å². The van der Waals surface area contributed by atoms with Crippen LogP contribution in [0.5, 0.6) is 0 Å². The first-order chi connectivity index (χ1) is 18.6. The Kier molecular flexibility index (Phi) is 7.07. The van der Waals surface area contributed by atoms with Crippen molar-refractivity contribution >= 4 is 28.5 Å². The number of hydrogen-bond donors (Lipinski definition) is 3. The van der Waals surface area contributed by atoms with Gasteiger partial charge in [0.25, 0.3) is 11.8 Å². The van der Waals surface area contributed by atoms with E-state index in [1.807, 2.05) is 0 Å². The summed E-state index contributed by atoms with van der Waals surface area (Å²) >= 11 is 0. The third-order valence-corrected chi connectivity index (χ3v) is 7.03. The molecule has 0 radical (unpaired) electrons. The van der Waals surface area contributed by atoms with Crippen LogP contribution in [0.2, 0.25) is 0 Å². The fourth-order valence-corrected chi connectivity index (χ4v) is 4.78. The molecular formula is C28H23F5N4O2. The zero-order chi connectivity index (χ0) is 27.8. The molecule has 0 bridgehead atoms. The van der Waals surface area contributed by atoms with Crippen molar-refractivity contribution in [2.75, 3.05) is 5.32 Å². The van der Waals surface area contributed by atoms with E-state index in [-0.39, 0.29) is 17.6 Å². The summed E-state index contributed by atoms with van der Waals surface area (Å²) in [6, 6.07) is 11.2. The Morgan fingerprint density at radius 3 is 2.15 bits per heavy atom. The second-order valence-electron chi connectivity index (χ2n) is 9.64. The maximum atomic E-state index is 13.9. The van der Waals surface area contributed by atoms with Crippen LogP contribution < -0.4 is 10.6 Å². The normalized spacial score (nSPS) is 17.3. The Morgan fingerprint density at radius 1 is 0.846 bits per heavy atom. The van der Waals surface area contributed by atoms with E-state index in [4.69, 9.17) is 0 Å². The second-order valence-corrected chi connectivity index (χ2v) is 9.64. The third-order valence-electron chi connectivity index (χ3n) is 7.03. The van der Waals surface area contributed by atoms with E-state index in [1.165, 1.54) is 18.6 Å². The number of aromatic nitrogens is 2. The van der Waals surface area contributed by atoms with Gasteiger partial charge in [-0.25, -0.2) is 26.9 Å². The number of amides is 2. The van der Waals surface area contributed by atoms with Crippen LogP contribution in [0.1, 0.15) is 53.3 Å². The number of rotatable bonds is 5. The fourth-order valence-electron chi connectivity index (χ4n) is 4.78. The SMILES string of the molecule is CC1CCCCC1NC(=O)c1ccc2nc(-c3ccc(NC(=O)c4c(F)c(F)c(F)c(F)c4F)cc3)[nH]c2c1. The summed E-state index contributed by atoms with van der Waals surface area (Å²) in [5, 5.41) is 5.25. The van der Waals surface area contributed by atoms with Gasteiger partial charge in [-0.15, -0.1) is 0 Å². The van der Waals surface area contributed by atoms with Gasteiger partial charge in [-0.3, -0.25) is 9.59 Å². The smallest absolute Gasteiger partial charge is 0.261 e. The largest absolute Gasteiger partial charge is 0.349 e. The number of H-pyrrole nitrogens is 1. The number of nitrogens with zero attached hydrogens (tertiary/aromatic N) is 1. The number of imidazole rings is 1. The molecule has 4 aromatic rings. The molecule has 2 atom stereocenters. The lowest BCUT2D eigenvalue weighted by molar-refractivity contribution is 0.0909. The molecule has 1 aliphatic rings. The quantitative estimate of drug-likeness (QED) is 0.153. The number of anilines is 1. The molecule has 1 aliphatic carbocycles. The lowest BCUT2D eigenvalue weighted by Crippen LogP contribution is -2.41. The molecule has 3 N–H and O–H groups in total. The molecule has 2 unspecified atom stereocenters. The molecule has 1 aromatic heterocycles. The van der Waals surface area contributed by atoms with E-state index in [1.54, 1.807) is 30.3 Å². The van der Waals surface area contributed by atoms with E-state index in [9.17, 15) is 31.5 Å². The van der Waals surface area contributed by atoms with Crippen molar-refractivity contribution < 1.29 is 31.5 Å². The minimum absolute atomic E-state index is 0.0553. The molecular weight excluding hydrogens is 519 g/mol. The summed E-state index contributed by atoms with van der Waals surface area (Å²) in [5.41, 5.74) is 0.823. The molecule has 5 rings (SSSR count). The van der Waals surface area contributed by atoms with Gasteiger partial charge in [-0.2, -0.15) is 0 Å². The molecule has 0 aliphatic heterocycles. The predicted molar refractivity (Wildman–Crippen MR) is 135 cm³/mol. The Labute approximate surface area is 219 Å². The highest BCUT2D eigenvalue weighted by Gasteiger charge is 2.30. The van der Waals surface area contributed by atoms with Gasteiger partial charge in [-0.1, -0.05) is 19.8 Å². The average Bonchev–Trinajstić information content (AvgIpc) is 3.36. The monoisotopic (exact) mass is 542 g/mol. The highest BCUT2D eigenvalue weighted by atomic mass is 19.2. The van der Waals surface area contributed by atoms with Crippen LogP contribution in [0.15, 0.2) is 42.5 Å². The van der Waals surface area contributed by atoms with Gasteiger partial charge >= 0.3 is 0 Å². The van der Waals surface area contributed by atoms with E-state index in [2.05, 4.69) is 27.5 Å². The molecule has 2 amide bonds. The number of nitrogens with one attached hydrogen (secondary N) is 3. The van der Waals surface area contributed by atoms with Gasteiger partial charge in [0, 0.05) is 22.9 Å². The number of carbonyl (C=O) groups excluding carboxylic acids is 2. The first-order valence-corrected chi connectivity index (χ1v) is 12.4. The highest BCUT2D eigenvalue weighted by molar-refractivity contribution is 6.04. The van der Waals surface area contributed by atoms with Crippen LogP contribution in [0.25, 0.3) is 22.4 Å². The van der Waals surface area contributed by atoms with Crippen molar-refractivity contribution in [3.05, 3.63) is 82.7 Å². The van der Waals surface area contributed by atoms with Gasteiger partial charge in [0.05, 0.1) is 11.0 Å². The molecule has 0 saturated heterocycles. The molecule has 1 heterocycles. The van der Waals surface area contributed by atoms with Crippen molar-refractivity contribution in [2.24, 2.45) is 5.92 Å². The lowest BCUT2D eigenvalue weighted by Gasteiger charge is -2.29. The average molecular weight is 543 g/mol. The predicted octanol–water partition coefficient (Wildman–Crippen LogP) is 6.49. The van der Waals surface area contributed by atoms with Crippen LogP contribution in [0.3, 0.4) is 0 Å². The number of benzene rings is 3. The van der Waals surface area contributed by atoms with Gasteiger partial charge < -0.3 is 15.6 Å².